The maximum atomic E-state index is 12.7. The van der Waals surface area contributed by atoms with E-state index in [2.05, 4.69) is 10.6 Å². The second kappa shape index (κ2) is 7.93. The predicted molar refractivity (Wildman–Crippen MR) is 119 cm³/mol. The number of rotatable bonds is 4. The van der Waals surface area contributed by atoms with Crippen molar-refractivity contribution in [1.29, 1.82) is 0 Å². The van der Waals surface area contributed by atoms with Crippen LogP contribution in [0.25, 0.3) is 10.1 Å². The molecule has 0 saturated heterocycles. The Morgan fingerprint density at radius 1 is 0.857 bits per heavy atom. The summed E-state index contributed by atoms with van der Waals surface area (Å²) in [5, 5.41) is 9.27. The highest BCUT2D eigenvalue weighted by Crippen LogP contribution is 2.37. The van der Waals surface area contributed by atoms with Gasteiger partial charge in [0.15, 0.2) is 0 Å². The molecule has 2 heterocycles. The van der Waals surface area contributed by atoms with E-state index in [9.17, 15) is 9.59 Å². The van der Waals surface area contributed by atoms with Crippen LogP contribution in [0, 0.1) is 0 Å². The van der Waals surface area contributed by atoms with Gasteiger partial charge in [0.1, 0.15) is 4.88 Å². The lowest BCUT2D eigenvalue weighted by Crippen LogP contribution is -2.12. The normalized spacial score (nSPS) is 10.8. The van der Waals surface area contributed by atoms with Gasteiger partial charge in [-0.25, -0.2) is 0 Å². The standard InChI is InChI=1S/C20H12Cl2N2O2S2/c21-11-6-7-14-16(9-11)28-18(17(14)22)20(26)24-13-4-1-3-12(10-13)23-19(25)15-5-2-8-27-15/h1-10H,(H,23,25)(H,24,26). The first-order valence-electron chi connectivity index (χ1n) is 8.15. The average Bonchev–Trinajstić information content (AvgIpc) is 3.30. The summed E-state index contributed by atoms with van der Waals surface area (Å²) in [6, 6.07) is 15.8. The Morgan fingerprint density at radius 3 is 2.32 bits per heavy atom. The number of halogens is 2. The van der Waals surface area contributed by atoms with Crippen molar-refractivity contribution in [2.24, 2.45) is 0 Å². The lowest BCUT2D eigenvalue weighted by molar-refractivity contribution is 0.102. The third-order valence-corrected chi connectivity index (χ3v) is 6.68. The van der Waals surface area contributed by atoms with Crippen molar-refractivity contribution in [2.45, 2.75) is 0 Å². The summed E-state index contributed by atoms with van der Waals surface area (Å²) in [6.07, 6.45) is 0. The molecular weight excluding hydrogens is 435 g/mol. The molecule has 2 aromatic heterocycles. The number of nitrogens with one attached hydrogen (secondary N) is 2. The SMILES string of the molecule is O=C(Nc1cccc(NC(=O)c2sc3cc(Cl)ccc3c2Cl)c1)c1cccs1. The molecule has 2 N–H and O–H groups in total. The number of amides is 2. The topological polar surface area (TPSA) is 58.2 Å². The molecule has 0 bridgehead atoms. The van der Waals surface area contributed by atoms with Gasteiger partial charge in [-0.1, -0.05) is 41.4 Å². The number of carbonyl (C=O) groups excluding carboxylic acids is 2. The van der Waals surface area contributed by atoms with Crippen molar-refractivity contribution < 1.29 is 9.59 Å². The number of hydrogen-bond donors (Lipinski definition) is 2. The molecule has 0 fully saturated rings. The first-order chi connectivity index (χ1) is 13.5. The molecule has 0 unspecified atom stereocenters. The number of benzene rings is 2. The molecule has 0 aliphatic heterocycles. The Kier molecular flexibility index (Phi) is 5.37. The molecule has 2 aromatic carbocycles. The van der Waals surface area contributed by atoms with E-state index in [-0.39, 0.29) is 11.8 Å². The van der Waals surface area contributed by atoms with Crippen LogP contribution >= 0.6 is 45.9 Å². The third kappa shape index (κ3) is 3.91. The molecule has 4 rings (SSSR count). The highest BCUT2D eigenvalue weighted by atomic mass is 35.5. The first kappa shape index (κ1) is 19.0. The number of thiophene rings is 2. The van der Waals surface area contributed by atoms with Crippen LogP contribution in [0.4, 0.5) is 11.4 Å². The van der Waals surface area contributed by atoms with Crippen LogP contribution in [-0.2, 0) is 0 Å². The van der Waals surface area contributed by atoms with Crippen molar-refractivity contribution in [3.63, 3.8) is 0 Å². The van der Waals surface area contributed by atoms with Crippen LogP contribution in [0.15, 0.2) is 60.0 Å². The number of hydrogen-bond acceptors (Lipinski definition) is 4. The third-order valence-electron chi connectivity index (χ3n) is 3.92. The molecule has 0 atom stereocenters. The van der Waals surface area contributed by atoms with Crippen LogP contribution in [0.3, 0.4) is 0 Å². The highest BCUT2D eigenvalue weighted by molar-refractivity contribution is 7.21. The van der Waals surface area contributed by atoms with E-state index in [1.807, 2.05) is 11.4 Å². The fourth-order valence-corrected chi connectivity index (χ4v) is 4.96. The molecule has 0 saturated carbocycles. The van der Waals surface area contributed by atoms with Crippen LogP contribution in [0.1, 0.15) is 19.3 Å². The van der Waals surface area contributed by atoms with Crippen molar-refractivity contribution >= 4 is 79.2 Å². The summed E-state index contributed by atoms with van der Waals surface area (Å²) in [6.45, 7) is 0. The van der Waals surface area contributed by atoms with Crippen molar-refractivity contribution in [1.82, 2.24) is 0 Å². The van der Waals surface area contributed by atoms with Gasteiger partial charge >= 0.3 is 0 Å². The Bertz CT molecular complexity index is 1190. The lowest BCUT2D eigenvalue weighted by Gasteiger charge is -2.08. The molecule has 4 aromatic rings. The molecule has 28 heavy (non-hydrogen) atoms. The Balaban J connectivity index is 1.54. The molecule has 140 valence electrons. The van der Waals surface area contributed by atoms with E-state index in [0.29, 0.717) is 31.2 Å². The Labute approximate surface area is 178 Å². The van der Waals surface area contributed by atoms with Crippen molar-refractivity contribution in [3.05, 3.63) is 79.8 Å². The molecule has 0 aliphatic carbocycles. The zero-order valence-electron chi connectivity index (χ0n) is 14.2. The summed E-state index contributed by atoms with van der Waals surface area (Å²) in [5.41, 5.74) is 1.14. The summed E-state index contributed by atoms with van der Waals surface area (Å²) >= 11 is 15.0. The van der Waals surface area contributed by atoms with Gasteiger partial charge in [-0.2, -0.15) is 0 Å². The van der Waals surface area contributed by atoms with E-state index >= 15 is 0 Å². The molecular formula is C20H12Cl2N2O2S2. The Morgan fingerprint density at radius 2 is 1.61 bits per heavy atom. The fraction of sp³-hybridized carbons (Fsp3) is 0. The zero-order valence-corrected chi connectivity index (χ0v) is 17.3. The van der Waals surface area contributed by atoms with E-state index in [4.69, 9.17) is 23.2 Å². The quantitative estimate of drug-likeness (QED) is 0.363. The lowest BCUT2D eigenvalue weighted by atomic mass is 10.2. The maximum Gasteiger partial charge on any atom is 0.267 e. The van der Waals surface area contributed by atoms with E-state index < -0.39 is 0 Å². The minimum atomic E-state index is -0.316. The van der Waals surface area contributed by atoms with Gasteiger partial charge in [0, 0.05) is 26.5 Å². The molecule has 4 nitrogen and oxygen atoms in total. The summed E-state index contributed by atoms with van der Waals surface area (Å²) in [5.74, 6) is -0.507. The van der Waals surface area contributed by atoms with Crippen LogP contribution in [0.2, 0.25) is 10.0 Å². The van der Waals surface area contributed by atoms with E-state index in [1.165, 1.54) is 22.7 Å². The molecule has 0 radical (unpaired) electrons. The number of fused-ring (bicyclic) bond motifs is 1. The van der Waals surface area contributed by atoms with Gasteiger partial charge in [-0.3, -0.25) is 9.59 Å². The van der Waals surface area contributed by atoms with Crippen LogP contribution < -0.4 is 10.6 Å². The van der Waals surface area contributed by atoms with Crippen LogP contribution in [-0.4, -0.2) is 11.8 Å². The monoisotopic (exact) mass is 446 g/mol. The zero-order chi connectivity index (χ0) is 19.7. The van der Waals surface area contributed by atoms with Crippen molar-refractivity contribution in [3.8, 4) is 0 Å². The number of carbonyl (C=O) groups is 2. The fourth-order valence-electron chi connectivity index (χ4n) is 2.65. The van der Waals surface area contributed by atoms with Crippen LogP contribution in [0.5, 0.6) is 0 Å². The van der Waals surface area contributed by atoms with Crippen molar-refractivity contribution in [2.75, 3.05) is 10.6 Å². The second-order valence-electron chi connectivity index (χ2n) is 5.85. The Hall–Kier alpha value is -2.38. The molecule has 0 aliphatic rings. The van der Waals surface area contributed by atoms with E-state index in [1.54, 1.807) is 48.5 Å². The summed E-state index contributed by atoms with van der Waals surface area (Å²) < 4.78 is 0.847. The summed E-state index contributed by atoms with van der Waals surface area (Å²) in [4.78, 5) is 25.9. The molecule has 8 heteroatoms. The van der Waals surface area contributed by atoms with E-state index in [0.717, 1.165) is 10.1 Å². The molecule has 2 amide bonds. The first-order valence-corrected chi connectivity index (χ1v) is 10.6. The van der Waals surface area contributed by atoms with Gasteiger partial charge in [0.2, 0.25) is 0 Å². The predicted octanol–water partition coefficient (Wildman–Crippen LogP) is 6.77. The summed E-state index contributed by atoms with van der Waals surface area (Å²) in [7, 11) is 0. The van der Waals surface area contributed by atoms with Gasteiger partial charge < -0.3 is 10.6 Å². The minimum Gasteiger partial charge on any atom is -0.321 e. The number of anilines is 2. The van der Waals surface area contributed by atoms with Gasteiger partial charge in [-0.05, 0) is 41.8 Å². The highest BCUT2D eigenvalue weighted by Gasteiger charge is 2.18. The molecule has 0 spiro atoms. The van der Waals surface area contributed by atoms with Gasteiger partial charge in [0.25, 0.3) is 11.8 Å². The maximum absolute atomic E-state index is 12.7. The van der Waals surface area contributed by atoms with Gasteiger partial charge in [-0.15, -0.1) is 22.7 Å². The van der Waals surface area contributed by atoms with Gasteiger partial charge in [0.05, 0.1) is 9.90 Å². The smallest absolute Gasteiger partial charge is 0.267 e. The average molecular weight is 447 g/mol. The second-order valence-corrected chi connectivity index (χ2v) is 8.67. The largest absolute Gasteiger partial charge is 0.321 e. The minimum absolute atomic E-state index is 0.192.